The molecule has 1 heterocycles. The third kappa shape index (κ3) is 3.85. The molecule has 0 aliphatic carbocycles. The molecule has 0 saturated heterocycles. The van der Waals surface area contributed by atoms with E-state index in [1.165, 1.54) is 38.7 Å². The summed E-state index contributed by atoms with van der Waals surface area (Å²) in [7, 11) is 2.17. The molecule has 2 heteroatoms. The molecule has 27 heavy (non-hydrogen) atoms. The van der Waals surface area contributed by atoms with Crippen molar-refractivity contribution in [2.45, 2.75) is 57.3 Å². The van der Waals surface area contributed by atoms with Gasteiger partial charge in [-0.15, -0.1) is 0 Å². The molecule has 0 bridgehead atoms. The zero-order valence-electron chi connectivity index (χ0n) is 18.5. The summed E-state index contributed by atoms with van der Waals surface area (Å²) in [5, 5.41) is 2.71. The van der Waals surface area contributed by atoms with Crippen LogP contribution in [-0.2, 0) is 12.5 Å². The molecule has 0 atom stereocenters. The van der Waals surface area contributed by atoms with Crippen LogP contribution in [0.3, 0.4) is 0 Å². The zero-order valence-corrected chi connectivity index (χ0v) is 20.6. The van der Waals surface area contributed by atoms with E-state index in [-0.39, 0.29) is 5.41 Å². The van der Waals surface area contributed by atoms with E-state index in [0.29, 0.717) is 0 Å². The fraction of sp³-hybridized carbons (Fsp3) is 0.400. The molecule has 3 aromatic rings. The molecule has 0 spiro atoms. The van der Waals surface area contributed by atoms with Gasteiger partial charge >= 0.3 is 168 Å². The SMILES string of the molecule is Cc1cc(C(C)(C)C)cc(-c2c3cc[c]([Ge]([CH3])([CH3])[CH3])cc3cc[n+]2C)c1C. The van der Waals surface area contributed by atoms with Gasteiger partial charge in [-0.2, -0.15) is 0 Å². The zero-order chi connectivity index (χ0) is 20.1. The van der Waals surface area contributed by atoms with Crippen LogP contribution in [-0.4, -0.2) is 13.3 Å². The van der Waals surface area contributed by atoms with Crippen molar-refractivity contribution < 1.29 is 4.57 Å². The first-order valence-electron chi connectivity index (χ1n) is 9.94. The Morgan fingerprint density at radius 3 is 2.15 bits per heavy atom. The van der Waals surface area contributed by atoms with E-state index in [1.54, 1.807) is 4.40 Å². The van der Waals surface area contributed by atoms with Crippen molar-refractivity contribution in [1.29, 1.82) is 0 Å². The van der Waals surface area contributed by atoms with Gasteiger partial charge in [0.05, 0.1) is 0 Å². The maximum absolute atomic E-state index is 2.46. The second-order valence-corrected chi connectivity index (χ2v) is 20.7. The molecular weight excluding hydrogens is 387 g/mol. The molecule has 0 unspecified atom stereocenters. The fourth-order valence-electron chi connectivity index (χ4n) is 3.71. The molecular formula is C25H34GeN+. The van der Waals surface area contributed by atoms with E-state index in [4.69, 9.17) is 0 Å². The second-order valence-electron chi connectivity index (χ2n) is 10.0. The van der Waals surface area contributed by atoms with Gasteiger partial charge in [0.25, 0.3) is 0 Å². The minimum absolute atomic E-state index is 0.142. The van der Waals surface area contributed by atoms with E-state index >= 15 is 0 Å². The first kappa shape index (κ1) is 20.1. The molecule has 1 nitrogen and oxygen atoms in total. The molecule has 0 radical (unpaired) electrons. The number of fused-ring (bicyclic) bond motifs is 1. The van der Waals surface area contributed by atoms with Crippen molar-refractivity contribution >= 4 is 28.4 Å². The molecule has 0 amide bonds. The standard InChI is InChI=1S/C25H34GeN/c1-17-14-20(25(3,4)5)16-23(18(17)2)24-22-11-10-21(26(6,7)8)15-19(22)12-13-27(24)9/h10-16H,1-9H3/q+1. The van der Waals surface area contributed by atoms with E-state index in [2.05, 4.69) is 106 Å². The summed E-state index contributed by atoms with van der Waals surface area (Å²) in [5.74, 6) is 7.39. The van der Waals surface area contributed by atoms with Crippen molar-refractivity contribution in [3.8, 4) is 11.3 Å². The fourth-order valence-corrected chi connectivity index (χ4v) is 6.17. The Labute approximate surface area is 167 Å². The van der Waals surface area contributed by atoms with Crippen LogP contribution < -0.4 is 8.96 Å². The Kier molecular flexibility index (Phi) is 5.05. The number of benzene rings is 2. The van der Waals surface area contributed by atoms with E-state index in [9.17, 15) is 0 Å². The van der Waals surface area contributed by atoms with Crippen molar-refractivity contribution in [3.63, 3.8) is 0 Å². The number of nitrogens with zero attached hydrogens (tertiary/aromatic N) is 1. The van der Waals surface area contributed by atoms with Gasteiger partial charge in [-0.3, -0.25) is 0 Å². The van der Waals surface area contributed by atoms with Gasteiger partial charge in [-0.05, 0) is 0 Å². The van der Waals surface area contributed by atoms with Crippen LogP contribution in [0.2, 0.25) is 17.3 Å². The Morgan fingerprint density at radius 2 is 1.56 bits per heavy atom. The first-order valence-corrected chi connectivity index (χ1v) is 17.3. The van der Waals surface area contributed by atoms with E-state index in [1.807, 2.05) is 0 Å². The normalized spacial score (nSPS) is 12.6. The van der Waals surface area contributed by atoms with E-state index in [0.717, 1.165) is 0 Å². The number of hydrogen-bond acceptors (Lipinski definition) is 0. The third-order valence-electron chi connectivity index (χ3n) is 5.79. The van der Waals surface area contributed by atoms with Gasteiger partial charge in [0, 0.05) is 0 Å². The summed E-state index contributed by atoms with van der Waals surface area (Å²) in [4.78, 5) is 0. The molecule has 0 saturated carbocycles. The molecule has 3 rings (SSSR count). The van der Waals surface area contributed by atoms with E-state index < -0.39 is 13.3 Å². The van der Waals surface area contributed by atoms with Gasteiger partial charge < -0.3 is 0 Å². The molecule has 0 aliphatic heterocycles. The first-order chi connectivity index (χ1) is 12.4. The number of aryl methyl sites for hydroxylation is 2. The molecule has 0 aliphatic rings. The Morgan fingerprint density at radius 1 is 0.889 bits per heavy atom. The maximum atomic E-state index is 2.46. The van der Waals surface area contributed by atoms with Gasteiger partial charge in [0.1, 0.15) is 0 Å². The average molecular weight is 421 g/mol. The summed E-state index contributed by atoms with van der Waals surface area (Å²) in [6.07, 6.45) is 2.22. The minimum atomic E-state index is -1.84. The Balaban J connectivity index is 2.35. The van der Waals surface area contributed by atoms with Crippen molar-refractivity contribution in [2.75, 3.05) is 0 Å². The summed E-state index contributed by atoms with van der Waals surface area (Å²) >= 11 is -1.84. The second kappa shape index (κ2) is 6.77. The van der Waals surface area contributed by atoms with Crippen LogP contribution in [0.25, 0.3) is 22.0 Å². The number of hydrogen-bond donors (Lipinski definition) is 0. The summed E-state index contributed by atoms with van der Waals surface area (Å²) < 4.78 is 3.85. The Hall–Kier alpha value is -1.61. The van der Waals surface area contributed by atoms with Crippen molar-refractivity contribution in [2.24, 2.45) is 7.05 Å². The van der Waals surface area contributed by atoms with Crippen LogP contribution >= 0.6 is 0 Å². The summed E-state index contributed by atoms with van der Waals surface area (Å²) in [6.45, 7) is 11.4. The number of aromatic nitrogens is 1. The van der Waals surface area contributed by atoms with Crippen molar-refractivity contribution in [3.05, 3.63) is 59.3 Å². The van der Waals surface area contributed by atoms with Gasteiger partial charge in [0.2, 0.25) is 0 Å². The summed E-state index contributed by atoms with van der Waals surface area (Å²) in [6, 6.07) is 14.2. The van der Waals surface area contributed by atoms with Crippen LogP contribution in [0.1, 0.15) is 37.5 Å². The van der Waals surface area contributed by atoms with Crippen molar-refractivity contribution in [1.82, 2.24) is 0 Å². The number of rotatable bonds is 2. The van der Waals surface area contributed by atoms with Crippen LogP contribution in [0, 0.1) is 13.8 Å². The third-order valence-corrected chi connectivity index (χ3v) is 10.1. The molecule has 1 aromatic heterocycles. The molecule has 0 fully saturated rings. The predicted octanol–water partition coefficient (Wildman–Crippen LogP) is 5.79. The quantitative estimate of drug-likeness (QED) is 0.364. The van der Waals surface area contributed by atoms with Gasteiger partial charge in [-0.1, -0.05) is 0 Å². The van der Waals surface area contributed by atoms with Gasteiger partial charge in [0.15, 0.2) is 0 Å². The topological polar surface area (TPSA) is 3.88 Å². The summed E-state index contributed by atoms with van der Waals surface area (Å²) in [5.41, 5.74) is 6.98. The van der Waals surface area contributed by atoms with Crippen LogP contribution in [0.15, 0.2) is 42.6 Å². The van der Waals surface area contributed by atoms with Crippen LogP contribution in [0.5, 0.6) is 0 Å². The molecule has 2 aromatic carbocycles. The predicted molar refractivity (Wildman–Crippen MR) is 122 cm³/mol. The average Bonchev–Trinajstić information content (AvgIpc) is 2.55. The Bertz CT molecular complexity index is 1020. The molecule has 142 valence electrons. The molecule has 0 N–H and O–H groups in total. The monoisotopic (exact) mass is 422 g/mol. The van der Waals surface area contributed by atoms with Crippen LogP contribution in [0.4, 0.5) is 0 Å². The number of pyridine rings is 1. The van der Waals surface area contributed by atoms with Gasteiger partial charge in [-0.25, -0.2) is 0 Å².